The molecule has 1 aliphatic rings. The van der Waals surface area contributed by atoms with Gasteiger partial charge < -0.3 is 19.3 Å². The van der Waals surface area contributed by atoms with Crippen molar-refractivity contribution in [2.24, 2.45) is 0 Å². The molecule has 1 heterocycles. The Morgan fingerprint density at radius 2 is 1.87 bits per heavy atom. The van der Waals surface area contributed by atoms with E-state index in [4.69, 9.17) is 9.47 Å². The highest BCUT2D eigenvalue weighted by Crippen LogP contribution is 2.13. The van der Waals surface area contributed by atoms with Crippen molar-refractivity contribution in [1.82, 2.24) is 9.80 Å². The van der Waals surface area contributed by atoms with Gasteiger partial charge in [-0.3, -0.25) is 9.59 Å². The summed E-state index contributed by atoms with van der Waals surface area (Å²) in [4.78, 5) is 27.5. The van der Waals surface area contributed by atoms with E-state index in [1.165, 1.54) is 6.92 Å². The van der Waals surface area contributed by atoms with E-state index < -0.39 is 0 Å². The van der Waals surface area contributed by atoms with Gasteiger partial charge in [-0.25, -0.2) is 0 Å². The smallest absolute Gasteiger partial charge is 0.224 e. The van der Waals surface area contributed by atoms with E-state index in [9.17, 15) is 9.59 Å². The molecule has 2 rings (SSSR count). The molecule has 0 spiro atoms. The fraction of sp³-hybridized carbons (Fsp3) is 0.529. The normalized spacial score (nSPS) is 14.4. The number of carbonyl (C=O) groups is 2. The second kappa shape index (κ2) is 8.53. The highest BCUT2D eigenvalue weighted by molar-refractivity contribution is 5.78. The Bertz CT molecular complexity index is 524. The number of morpholine rings is 1. The van der Waals surface area contributed by atoms with E-state index in [0.29, 0.717) is 45.8 Å². The summed E-state index contributed by atoms with van der Waals surface area (Å²) >= 11 is 0. The lowest BCUT2D eigenvalue weighted by Crippen LogP contribution is -2.42. The minimum absolute atomic E-state index is 0.0319. The average molecular weight is 320 g/mol. The summed E-state index contributed by atoms with van der Waals surface area (Å²) in [5, 5.41) is 0. The minimum Gasteiger partial charge on any atom is -0.497 e. The number of carbonyl (C=O) groups excluding carboxylic acids is 2. The third-order valence-corrected chi connectivity index (χ3v) is 3.94. The minimum atomic E-state index is -0.0319. The van der Waals surface area contributed by atoms with Crippen molar-refractivity contribution < 1.29 is 19.1 Å². The van der Waals surface area contributed by atoms with E-state index in [1.807, 2.05) is 24.3 Å². The standard InChI is InChI=1S/C17H24N2O4/c1-14(20)19(13-15-3-5-16(22-2)6-4-15)8-7-17(21)18-9-11-23-12-10-18/h3-6H,7-13H2,1-2H3. The number of ether oxygens (including phenoxy) is 2. The first-order valence-electron chi connectivity index (χ1n) is 7.84. The molecule has 1 aromatic carbocycles. The fourth-order valence-corrected chi connectivity index (χ4v) is 2.50. The molecular formula is C17H24N2O4. The van der Waals surface area contributed by atoms with Crippen molar-refractivity contribution in [1.29, 1.82) is 0 Å². The lowest BCUT2D eigenvalue weighted by molar-refractivity contribution is -0.136. The SMILES string of the molecule is COc1ccc(CN(CCC(=O)N2CCOCC2)C(C)=O)cc1. The number of benzene rings is 1. The maximum Gasteiger partial charge on any atom is 0.224 e. The molecule has 1 aliphatic heterocycles. The third-order valence-electron chi connectivity index (χ3n) is 3.94. The van der Waals surface area contributed by atoms with Crippen molar-refractivity contribution in [3.05, 3.63) is 29.8 Å². The molecule has 0 aromatic heterocycles. The highest BCUT2D eigenvalue weighted by Gasteiger charge is 2.18. The van der Waals surface area contributed by atoms with E-state index in [0.717, 1.165) is 11.3 Å². The zero-order valence-corrected chi connectivity index (χ0v) is 13.8. The first-order chi connectivity index (χ1) is 11.1. The quantitative estimate of drug-likeness (QED) is 0.792. The first-order valence-corrected chi connectivity index (χ1v) is 7.84. The molecule has 0 aliphatic carbocycles. The van der Waals surface area contributed by atoms with Crippen LogP contribution in [0.4, 0.5) is 0 Å². The largest absolute Gasteiger partial charge is 0.497 e. The second-order valence-corrected chi connectivity index (χ2v) is 5.53. The number of hydrogen-bond donors (Lipinski definition) is 0. The molecule has 6 nitrogen and oxygen atoms in total. The van der Waals surface area contributed by atoms with Gasteiger partial charge in [-0.1, -0.05) is 12.1 Å². The van der Waals surface area contributed by atoms with Crippen molar-refractivity contribution >= 4 is 11.8 Å². The Morgan fingerprint density at radius 1 is 1.22 bits per heavy atom. The van der Waals surface area contributed by atoms with Gasteiger partial charge in [-0.05, 0) is 17.7 Å². The van der Waals surface area contributed by atoms with E-state index in [-0.39, 0.29) is 11.8 Å². The van der Waals surface area contributed by atoms with Crippen LogP contribution in [0, 0.1) is 0 Å². The van der Waals surface area contributed by atoms with E-state index in [1.54, 1.807) is 16.9 Å². The van der Waals surface area contributed by atoms with Gasteiger partial charge in [-0.15, -0.1) is 0 Å². The molecule has 1 saturated heterocycles. The van der Waals surface area contributed by atoms with Gasteiger partial charge in [0.2, 0.25) is 11.8 Å². The van der Waals surface area contributed by atoms with Crippen LogP contribution >= 0.6 is 0 Å². The summed E-state index contributed by atoms with van der Waals surface area (Å²) in [6.45, 7) is 4.91. The van der Waals surface area contributed by atoms with Crippen LogP contribution in [0.2, 0.25) is 0 Å². The molecular weight excluding hydrogens is 296 g/mol. The van der Waals surface area contributed by atoms with Gasteiger partial charge in [0.05, 0.1) is 20.3 Å². The summed E-state index contributed by atoms with van der Waals surface area (Å²) in [7, 11) is 1.62. The van der Waals surface area contributed by atoms with Crippen LogP contribution in [0.5, 0.6) is 5.75 Å². The number of rotatable bonds is 6. The van der Waals surface area contributed by atoms with Gasteiger partial charge in [0.1, 0.15) is 5.75 Å². The molecule has 23 heavy (non-hydrogen) atoms. The van der Waals surface area contributed by atoms with Crippen LogP contribution in [-0.2, 0) is 20.9 Å². The maximum absolute atomic E-state index is 12.2. The zero-order chi connectivity index (χ0) is 16.7. The predicted octanol–water partition coefficient (Wildman–Crippen LogP) is 1.29. The fourth-order valence-electron chi connectivity index (χ4n) is 2.50. The topological polar surface area (TPSA) is 59.1 Å². The van der Waals surface area contributed by atoms with E-state index >= 15 is 0 Å². The Hall–Kier alpha value is -2.08. The summed E-state index contributed by atoms with van der Waals surface area (Å²) in [6, 6.07) is 7.59. The Kier molecular flexibility index (Phi) is 6.40. The summed E-state index contributed by atoms with van der Waals surface area (Å²) in [6.07, 6.45) is 0.343. The Morgan fingerprint density at radius 3 is 2.43 bits per heavy atom. The zero-order valence-electron chi connectivity index (χ0n) is 13.8. The van der Waals surface area contributed by atoms with Crippen LogP contribution in [0.25, 0.3) is 0 Å². The lowest BCUT2D eigenvalue weighted by Gasteiger charge is -2.28. The molecule has 1 aromatic rings. The Labute approximate surface area is 137 Å². The molecule has 126 valence electrons. The van der Waals surface area contributed by atoms with Gasteiger partial charge in [-0.2, -0.15) is 0 Å². The predicted molar refractivity (Wildman–Crippen MR) is 86.1 cm³/mol. The van der Waals surface area contributed by atoms with E-state index in [2.05, 4.69) is 0 Å². The molecule has 0 N–H and O–H groups in total. The third kappa shape index (κ3) is 5.25. The van der Waals surface area contributed by atoms with Crippen LogP contribution in [0.15, 0.2) is 24.3 Å². The highest BCUT2D eigenvalue weighted by atomic mass is 16.5. The molecule has 1 fully saturated rings. The van der Waals surface area contributed by atoms with Crippen LogP contribution in [-0.4, -0.2) is 61.6 Å². The van der Waals surface area contributed by atoms with Gasteiger partial charge in [0.25, 0.3) is 0 Å². The molecule has 0 saturated carbocycles. The molecule has 6 heteroatoms. The number of nitrogens with zero attached hydrogens (tertiary/aromatic N) is 2. The number of amides is 2. The molecule has 0 unspecified atom stereocenters. The average Bonchev–Trinajstić information content (AvgIpc) is 2.59. The van der Waals surface area contributed by atoms with Crippen LogP contribution in [0.1, 0.15) is 18.9 Å². The first kappa shape index (κ1) is 17.3. The Balaban J connectivity index is 1.87. The molecule has 2 amide bonds. The monoisotopic (exact) mass is 320 g/mol. The van der Waals surface area contributed by atoms with Crippen LogP contribution < -0.4 is 4.74 Å². The van der Waals surface area contributed by atoms with Gasteiger partial charge >= 0.3 is 0 Å². The molecule has 0 atom stereocenters. The van der Waals surface area contributed by atoms with Crippen molar-refractivity contribution in [3.63, 3.8) is 0 Å². The molecule has 0 bridgehead atoms. The summed E-state index contributed by atoms with van der Waals surface area (Å²) in [5.74, 6) is 0.829. The maximum atomic E-state index is 12.2. The van der Waals surface area contributed by atoms with Crippen molar-refractivity contribution in [2.75, 3.05) is 40.0 Å². The lowest BCUT2D eigenvalue weighted by atomic mass is 10.2. The molecule has 0 radical (unpaired) electrons. The van der Waals surface area contributed by atoms with Gasteiger partial charge in [0, 0.05) is 39.5 Å². The summed E-state index contributed by atoms with van der Waals surface area (Å²) in [5.41, 5.74) is 1.01. The van der Waals surface area contributed by atoms with Crippen molar-refractivity contribution in [2.45, 2.75) is 19.9 Å². The van der Waals surface area contributed by atoms with Crippen molar-refractivity contribution in [3.8, 4) is 5.75 Å². The summed E-state index contributed by atoms with van der Waals surface area (Å²) < 4.78 is 10.4. The van der Waals surface area contributed by atoms with Gasteiger partial charge in [0.15, 0.2) is 0 Å². The second-order valence-electron chi connectivity index (χ2n) is 5.53. The van der Waals surface area contributed by atoms with Crippen LogP contribution in [0.3, 0.4) is 0 Å². The number of hydrogen-bond acceptors (Lipinski definition) is 4. The number of methoxy groups -OCH3 is 1.